The van der Waals surface area contributed by atoms with E-state index in [-0.39, 0.29) is 17.5 Å². The quantitative estimate of drug-likeness (QED) is 0.750. The lowest BCUT2D eigenvalue weighted by Gasteiger charge is -2.12. The second-order valence-corrected chi connectivity index (χ2v) is 6.48. The molecule has 25 heavy (non-hydrogen) atoms. The SMILES string of the molecule is CC[C@H](C)NC(=O)CCCn1c2ccccc2c2cnn(C)c(=O)c21. The Kier molecular flexibility index (Phi) is 4.88. The maximum absolute atomic E-state index is 12.6. The molecule has 0 fully saturated rings. The van der Waals surface area contributed by atoms with Crippen LogP contribution >= 0.6 is 0 Å². The highest BCUT2D eigenvalue weighted by Crippen LogP contribution is 2.26. The number of hydrogen-bond acceptors (Lipinski definition) is 3. The van der Waals surface area contributed by atoms with Gasteiger partial charge in [0.15, 0.2) is 0 Å². The van der Waals surface area contributed by atoms with Gasteiger partial charge < -0.3 is 9.88 Å². The lowest BCUT2D eigenvalue weighted by molar-refractivity contribution is -0.121. The average molecular weight is 340 g/mol. The fraction of sp³-hybridized carbons (Fsp3) is 0.421. The van der Waals surface area contributed by atoms with Crippen LogP contribution in [0.3, 0.4) is 0 Å². The summed E-state index contributed by atoms with van der Waals surface area (Å²) in [4.78, 5) is 24.6. The van der Waals surface area contributed by atoms with Crippen LogP contribution in [0.4, 0.5) is 0 Å². The third-order valence-electron chi connectivity index (χ3n) is 4.67. The van der Waals surface area contributed by atoms with Crippen molar-refractivity contribution in [3.8, 4) is 0 Å². The van der Waals surface area contributed by atoms with Crippen LogP contribution in [0.1, 0.15) is 33.1 Å². The summed E-state index contributed by atoms with van der Waals surface area (Å²) in [6.07, 6.45) is 3.79. The molecule has 1 aromatic carbocycles. The van der Waals surface area contributed by atoms with Gasteiger partial charge >= 0.3 is 0 Å². The van der Waals surface area contributed by atoms with Crippen LogP contribution in [-0.4, -0.2) is 26.3 Å². The van der Waals surface area contributed by atoms with Crippen LogP contribution in [-0.2, 0) is 18.4 Å². The molecule has 1 amide bonds. The number of rotatable bonds is 6. The molecule has 0 radical (unpaired) electrons. The predicted octanol–water partition coefficient (Wildman–Crippen LogP) is 2.58. The van der Waals surface area contributed by atoms with Crippen molar-refractivity contribution in [3.05, 3.63) is 40.8 Å². The van der Waals surface area contributed by atoms with Gasteiger partial charge in [-0.1, -0.05) is 25.1 Å². The molecule has 3 rings (SSSR count). The Morgan fingerprint density at radius 1 is 1.28 bits per heavy atom. The Morgan fingerprint density at radius 3 is 2.80 bits per heavy atom. The van der Waals surface area contributed by atoms with E-state index in [0.717, 1.165) is 22.7 Å². The van der Waals surface area contributed by atoms with Crippen LogP contribution in [0.5, 0.6) is 0 Å². The van der Waals surface area contributed by atoms with E-state index in [4.69, 9.17) is 0 Å². The third-order valence-corrected chi connectivity index (χ3v) is 4.67. The number of carbonyl (C=O) groups is 1. The van der Waals surface area contributed by atoms with Gasteiger partial charge in [0.2, 0.25) is 5.91 Å². The number of para-hydroxylation sites is 1. The molecule has 0 aliphatic heterocycles. The molecule has 1 N–H and O–H groups in total. The van der Waals surface area contributed by atoms with Crippen molar-refractivity contribution in [2.45, 2.75) is 45.7 Å². The summed E-state index contributed by atoms with van der Waals surface area (Å²) in [6, 6.07) is 8.13. The normalized spacial score (nSPS) is 12.6. The molecule has 132 valence electrons. The molecule has 0 aliphatic rings. The van der Waals surface area contributed by atoms with Gasteiger partial charge in [0, 0.05) is 42.3 Å². The Labute approximate surface area is 146 Å². The number of aryl methyl sites for hydroxylation is 2. The molecule has 0 saturated carbocycles. The predicted molar refractivity (Wildman–Crippen MR) is 99.6 cm³/mol. The highest BCUT2D eigenvalue weighted by Gasteiger charge is 2.15. The molecule has 6 heteroatoms. The summed E-state index contributed by atoms with van der Waals surface area (Å²) in [7, 11) is 1.66. The monoisotopic (exact) mass is 340 g/mol. The maximum Gasteiger partial charge on any atom is 0.291 e. The zero-order chi connectivity index (χ0) is 18.0. The van der Waals surface area contributed by atoms with E-state index < -0.39 is 0 Å². The zero-order valence-electron chi connectivity index (χ0n) is 15.0. The van der Waals surface area contributed by atoms with E-state index in [2.05, 4.69) is 10.4 Å². The van der Waals surface area contributed by atoms with Gasteiger partial charge in [-0.2, -0.15) is 5.10 Å². The number of aromatic nitrogens is 3. The van der Waals surface area contributed by atoms with E-state index >= 15 is 0 Å². The molecule has 0 saturated heterocycles. The van der Waals surface area contributed by atoms with E-state index in [1.807, 2.05) is 42.7 Å². The van der Waals surface area contributed by atoms with Crippen LogP contribution in [0.15, 0.2) is 35.3 Å². The smallest absolute Gasteiger partial charge is 0.291 e. The number of carbonyl (C=O) groups excluding carboxylic acids is 1. The number of nitrogens with one attached hydrogen (secondary N) is 1. The summed E-state index contributed by atoms with van der Waals surface area (Å²) in [5.74, 6) is 0.0599. The summed E-state index contributed by atoms with van der Waals surface area (Å²) in [5, 5.41) is 9.01. The minimum Gasteiger partial charge on any atom is -0.354 e. The standard InChI is InChI=1S/C19H24N4O2/c1-4-13(2)21-17(24)10-7-11-23-16-9-6-5-8-14(16)15-12-20-22(3)19(25)18(15)23/h5-6,8-9,12-13H,4,7,10-11H2,1-3H3,(H,21,24)/t13-/m0/s1. The zero-order valence-corrected chi connectivity index (χ0v) is 15.0. The highest BCUT2D eigenvalue weighted by atomic mass is 16.1. The van der Waals surface area contributed by atoms with Gasteiger partial charge in [0.25, 0.3) is 5.56 Å². The van der Waals surface area contributed by atoms with Gasteiger partial charge in [-0.05, 0) is 25.8 Å². The molecule has 2 heterocycles. The molecular formula is C19H24N4O2. The minimum atomic E-state index is -0.113. The maximum atomic E-state index is 12.6. The van der Waals surface area contributed by atoms with Crippen molar-refractivity contribution < 1.29 is 4.79 Å². The van der Waals surface area contributed by atoms with Gasteiger partial charge in [-0.15, -0.1) is 0 Å². The first-order valence-corrected chi connectivity index (χ1v) is 8.75. The lowest BCUT2D eigenvalue weighted by Crippen LogP contribution is -2.31. The first-order valence-electron chi connectivity index (χ1n) is 8.75. The Morgan fingerprint density at radius 2 is 2.04 bits per heavy atom. The highest BCUT2D eigenvalue weighted by molar-refractivity contribution is 6.07. The van der Waals surface area contributed by atoms with E-state index in [0.29, 0.717) is 24.9 Å². The van der Waals surface area contributed by atoms with Crippen molar-refractivity contribution in [3.63, 3.8) is 0 Å². The number of fused-ring (bicyclic) bond motifs is 3. The van der Waals surface area contributed by atoms with Crippen LogP contribution in [0.2, 0.25) is 0 Å². The first kappa shape index (κ1) is 17.2. The molecule has 0 bridgehead atoms. The Hall–Kier alpha value is -2.63. The topological polar surface area (TPSA) is 68.9 Å². The lowest BCUT2D eigenvalue weighted by atomic mass is 10.2. The number of nitrogens with zero attached hydrogens (tertiary/aromatic N) is 3. The van der Waals surface area contributed by atoms with E-state index in [9.17, 15) is 9.59 Å². The van der Waals surface area contributed by atoms with Crippen LogP contribution in [0.25, 0.3) is 21.8 Å². The third kappa shape index (κ3) is 3.29. The second kappa shape index (κ2) is 7.09. The van der Waals surface area contributed by atoms with Gasteiger partial charge in [-0.3, -0.25) is 9.59 Å². The molecule has 0 spiro atoms. The van der Waals surface area contributed by atoms with Crippen LogP contribution in [0, 0.1) is 0 Å². The van der Waals surface area contributed by atoms with Crippen molar-refractivity contribution in [1.82, 2.24) is 19.7 Å². The Balaban J connectivity index is 1.91. The van der Waals surface area contributed by atoms with E-state index in [1.54, 1.807) is 13.2 Å². The van der Waals surface area contributed by atoms with Gasteiger partial charge in [0.1, 0.15) is 5.52 Å². The van der Waals surface area contributed by atoms with Gasteiger partial charge in [0.05, 0.1) is 6.20 Å². The molecule has 1 atom stereocenters. The molecule has 3 aromatic rings. The fourth-order valence-electron chi connectivity index (χ4n) is 3.12. The van der Waals surface area contributed by atoms with E-state index in [1.165, 1.54) is 4.68 Å². The fourth-order valence-corrected chi connectivity index (χ4v) is 3.12. The summed E-state index contributed by atoms with van der Waals surface area (Å²) in [5.41, 5.74) is 1.55. The Bertz CT molecular complexity index is 971. The average Bonchev–Trinajstić information content (AvgIpc) is 2.93. The van der Waals surface area contributed by atoms with Crippen molar-refractivity contribution in [2.24, 2.45) is 7.05 Å². The van der Waals surface area contributed by atoms with Crippen LogP contribution < -0.4 is 10.9 Å². The summed E-state index contributed by atoms with van der Waals surface area (Å²) >= 11 is 0. The first-order chi connectivity index (χ1) is 12.0. The molecular weight excluding hydrogens is 316 g/mol. The molecule has 6 nitrogen and oxygen atoms in total. The largest absolute Gasteiger partial charge is 0.354 e. The summed E-state index contributed by atoms with van der Waals surface area (Å²) in [6.45, 7) is 4.67. The number of benzene rings is 1. The molecule has 0 aliphatic carbocycles. The minimum absolute atomic E-state index is 0.0599. The summed E-state index contributed by atoms with van der Waals surface area (Å²) < 4.78 is 3.37. The number of amides is 1. The molecule has 0 unspecified atom stereocenters. The second-order valence-electron chi connectivity index (χ2n) is 6.48. The van der Waals surface area contributed by atoms with Crippen molar-refractivity contribution in [2.75, 3.05) is 0 Å². The van der Waals surface area contributed by atoms with Gasteiger partial charge in [-0.25, -0.2) is 4.68 Å². The van der Waals surface area contributed by atoms with Crippen molar-refractivity contribution in [1.29, 1.82) is 0 Å². The molecule has 2 aromatic heterocycles. The number of hydrogen-bond donors (Lipinski definition) is 1. The van der Waals surface area contributed by atoms with Crippen molar-refractivity contribution >= 4 is 27.7 Å².